The number of carbonyl (C=O) groups is 1. The second-order valence-corrected chi connectivity index (χ2v) is 4.79. The van der Waals surface area contributed by atoms with Crippen molar-refractivity contribution in [3.63, 3.8) is 0 Å². The van der Waals surface area contributed by atoms with Crippen molar-refractivity contribution in [1.29, 1.82) is 0 Å². The molecule has 6 nitrogen and oxygen atoms in total. The number of amides is 1. The van der Waals surface area contributed by atoms with Gasteiger partial charge in [-0.25, -0.2) is 4.98 Å². The lowest BCUT2D eigenvalue weighted by molar-refractivity contribution is -0.119. The first kappa shape index (κ1) is 12.7. The number of hydrogen-bond donors (Lipinski definition) is 2. The molecule has 0 aliphatic carbocycles. The van der Waals surface area contributed by atoms with Crippen LogP contribution in [0.1, 0.15) is 0 Å². The van der Waals surface area contributed by atoms with Crippen LogP contribution in [0.2, 0.25) is 0 Å². The summed E-state index contributed by atoms with van der Waals surface area (Å²) < 4.78 is 2.07. The lowest BCUT2D eigenvalue weighted by Gasteiger charge is -2.10. The number of hydrogen-bond acceptors (Lipinski definition) is 4. The smallest absolute Gasteiger partial charge is 0.261 e. The van der Waals surface area contributed by atoms with Gasteiger partial charge in [-0.05, 0) is 18.2 Å². The Balaban J connectivity index is 2.51. The molecule has 2 aromatic rings. The molecule has 94 valence electrons. The number of carbonyl (C=O) groups excluding carboxylic acids is 1. The van der Waals surface area contributed by atoms with E-state index in [1.807, 2.05) is 0 Å². The molecule has 1 heterocycles. The van der Waals surface area contributed by atoms with Crippen molar-refractivity contribution in [2.45, 2.75) is 12.6 Å². The lowest BCUT2D eigenvalue weighted by atomic mass is 10.2. The molecule has 0 aliphatic heterocycles. The van der Waals surface area contributed by atoms with Gasteiger partial charge in [-0.1, -0.05) is 15.9 Å². The second-order valence-electron chi connectivity index (χ2n) is 3.87. The highest BCUT2D eigenvalue weighted by molar-refractivity contribution is 9.10. The first-order valence-electron chi connectivity index (χ1n) is 5.18. The van der Waals surface area contributed by atoms with Crippen LogP contribution in [0.3, 0.4) is 0 Å². The molecule has 7 heteroatoms. The molecule has 1 atom stereocenters. The maximum Gasteiger partial charge on any atom is 0.261 e. The van der Waals surface area contributed by atoms with Gasteiger partial charge in [-0.2, -0.15) is 0 Å². The van der Waals surface area contributed by atoms with Gasteiger partial charge in [-0.15, -0.1) is 0 Å². The van der Waals surface area contributed by atoms with Crippen molar-refractivity contribution in [3.05, 3.63) is 39.4 Å². The third kappa shape index (κ3) is 2.41. The van der Waals surface area contributed by atoms with E-state index in [4.69, 9.17) is 11.5 Å². The van der Waals surface area contributed by atoms with Crippen LogP contribution in [-0.4, -0.2) is 21.5 Å². The van der Waals surface area contributed by atoms with E-state index in [1.54, 1.807) is 18.2 Å². The minimum absolute atomic E-state index is 0.0175. The van der Waals surface area contributed by atoms with Crippen LogP contribution in [0.4, 0.5) is 0 Å². The highest BCUT2D eigenvalue weighted by atomic mass is 79.9. The Kier molecular flexibility index (Phi) is 3.44. The normalized spacial score (nSPS) is 12.6. The van der Waals surface area contributed by atoms with Crippen molar-refractivity contribution in [2.75, 3.05) is 0 Å². The van der Waals surface area contributed by atoms with E-state index in [2.05, 4.69) is 20.9 Å². The highest BCUT2D eigenvalue weighted by Gasteiger charge is 2.12. The zero-order chi connectivity index (χ0) is 13.3. The topological polar surface area (TPSA) is 104 Å². The Labute approximate surface area is 111 Å². The average molecular weight is 311 g/mol. The van der Waals surface area contributed by atoms with Crippen LogP contribution in [-0.2, 0) is 11.3 Å². The molecule has 1 unspecified atom stereocenters. The molecule has 18 heavy (non-hydrogen) atoms. The van der Waals surface area contributed by atoms with Gasteiger partial charge in [0.15, 0.2) is 0 Å². The molecule has 0 bridgehead atoms. The van der Waals surface area contributed by atoms with Crippen LogP contribution in [0.25, 0.3) is 10.9 Å². The van der Waals surface area contributed by atoms with Crippen LogP contribution in [0, 0.1) is 0 Å². The van der Waals surface area contributed by atoms with Crippen LogP contribution >= 0.6 is 15.9 Å². The molecule has 0 saturated carbocycles. The van der Waals surface area contributed by atoms with E-state index in [0.29, 0.717) is 10.9 Å². The van der Waals surface area contributed by atoms with Gasteiger partial charge in [0, 0.05) is 4.47 Å². The second kappa shape index (κ2) is 4.87. The third-order valence-electron chi connectivity index (χ3n) is 2.54. The van der Waals surface area contributed by atoms with Gasteiger partial charge in [-0.3, -0.25) is 14.2 Å². The Hall–Kier alpha value is -1.73. The first-order chi connectivity index (χ1) is 8.49. The summed E-state index contributed by atoms with van der Waals surface area (Å²) in [6.07, 6.45) is 1.36. The number of aromatic nitrogens is 2. The van der Waals surface area contributed by atoms with Crippen molar-refractivity contribution >= 4 is 32.7 Å². The summed E-state index contributed by atoms with van der Waals surface area (Å²) in [6.45, 7) is 0.0175. The number of nitrogens with zero attached hydrogens (tertiary/aromatic N) is 2. The van der Waals surface area contributed by atoms with Gasteiger partial charge in [0.05, 0.1) is 23.8 Å². The van der Waals surface area contributed by atoms with Crippen LogP contribution in [0.5, 0.6) is 0 Å². The monoisotopic (exact) mass is 310 g/mol. The van der Waals surface area contributed by atoms with Gasteiger partial charge in [0.25, 0.3) is 5.56 Å². The maximum absolute atomic E-state index is 12.1. The summed E-state index contributed by atoms with van der Waals surface area (Å²) in [5.74, 6) is -0.656. The summed E-state index contributed by atoms with van der Waals surface area (Å²) >= 11 is 3.29. The minimum atomic E-state index is -0.908. The zero-order valence-electron chi connectivity index (χ0n) is 9.34. The molecule has 2 rings (SSSR count). The van der Waals surface area contributed by atoms with E-state index >= 15 is 0 Å². The fourth-order valence-electron chi connectivity index (χ4n) is 1.56. The minimum Gasteiger partial charge on any atom is -0.368 e. The van der Waals surface area contributed by atoms with E-state index in [1.165, 1.54) is 10.9 Å². The average Bonchev–Trinajstić information content (AvgIpc) is 2.33. The standard InChI is InChI=1S/C11H11BrN4O2/c12-6-1-2-9-7(3-6)11(18)16(5-15-9)4-8(13)10(14)17/h1-3,5,8H,4,13H2,(H2,14,17). The van der Waals surface area contributed by atoms with Crippen LogP contribution in [0.15, 0.2) is 33.8 Å². The first-order valence-corrected chi connectivity index (χ1v) is 5.98. The van der Waals surface area contributed by atoms with E-state index in [9.17, 15) is 9.59 Å². The number of nitrogens with two attached hydrogens (primary N) is 2. The number of primary amides is 1. The SMILES string of the molecule is NC(=O)C(N)Cn1cnc2ccc(Br)cc2c1=O. The summed E-state index contributed by atoms with van der Waals surface area (Å²) in [5.41, 5.74) is 10.9. The Morgan fingerprint density at radius 1 is 1.50 bits per heavy atom. The van der Waals surface area contributed by atoms with Crippen molar-refractivity contribution < 1.29 is 4.79 Å². The molecule has 1 amide bonds. The molecule has 0 radical (unpaired) electrons. The van der Waals surface area contributed by atoms with Gasteiger partial charge < -0.3 is 11.5 Å². The Bertz CT molecular complexity index is 668. The summed E-state index contributed by atoms with van der Waals surface area (Å²) in [5, 5.41) is 0.462. The molecule has 0 saturated heterocycles. The van der Waals surface area contributed by atoms with E-state index in [0.717, 1.165) is 4.47 Å². The van der Waals surface area contributed by atoms with E-state index in [-0.39, 0.29) is 12.1 Å². The summed E-state index contributed by atoms with van der Waals surface area (Å²) in [6, 6.07) is 4.30. The van der Waals surface area contributed by atoms with Gasteiger partial charge in [0.2, 0.25) is 5.91 Å². The number of fused-ring (bicyclic) bond motifs is 1. The van der Waals surface area contributed by atoms with Crippen molar-refractivity contribution in [2.24, 2.45) is 11.5 Å². The molecule has 0 spiro atoms. The molecule has 1 aromatic heterocycles. The summed E-state index contributed by atoms with van der Waals surface area (Å²) in [4.78, 5) is 27.1. The number of benzene rings is 1. The van der Waals surface area contributed by atoms with Crippen LogP contribution < -0.4 is 17.0 Å². The number of rotatable bonds is 3. The van der Waals surface area contributed by atoms with Gasteiger partial charge in [0.1, 0.15) is 6.04 Å². The maximum atomic E-state index is 12.1. The molecule has 4 N–H and O–H groups in total. The Morgan fingerprint density at radius 3 is 2.89 bits per heavy atom. The zero-order valence-corrected chi connectivity index (χ0v) is 10.9. The number of halogens is 1. The lowest BCUT2D eigenvalue weighted by Crippen LogP contribution is -2.42. The summed E-state index contributed by atoms with van der Waals surface area (Å²) in [7, 11) is 0. The molecule has 0 fully saturated rings. The quantitative estimate of drug-likeness (QED) is 0.830. The molecular weight excluding hydrogens is 300 g/mol. The van der Waals surface area contributed by atoms with Gasteiger partial charge >= 0.3 is 0 Å². The fourth-order valence-corrected chi connectivity index (χ4v) is 1.92. The fraction of sp³-hybridized carbons (Fsp3) is 0.182. The van der Waals surface area contributed by atoms with Crippen molar-refractivity contribution in [3.8, 4) is 0 Å². The van der Waals surface area contributed by atoms with Crippen molar-refractivity contribution in [1.82, 2.24) is 9.55 Å². The van der Waals surface area contributed by atoms with E-state index < -0.39 is 11.9 Å². The largest absolute Gasteiger partial charge is 0.368 e. The third-order valence-corrected chi connectivity index (χ3v) is 3.04. The molecule has 1 aromatic carbocycles. The molecular formula is C11H11BrN4O2. The molecule has 0 aliphatic rings. The Morgan fingerprint density at radius 2 is 2.22 bits per heavy atom. The predicted molar refractivity (Wildman–Crippen MR) is 70.9 cm³/mol. The highest BCUT2D eigenvalue weighted by Crippen LogP contribution is 2.14. The predicted octanol–water partition coefficient (Wildman–Crippen LogP) is -0.0284.